The van der Waals surface area contributed by atoms with Gasteiger partial charge in [0.2, 0.25) is 0 Å². The molecule has 4 nitrogen and oxygen atoms in total. The summed E-state index contributed by atoms with van der Waals surface area (Å²) in [6, 6.07) is 0. The van der Waals surface area contributed by atoms with Crippen molar-refractivity contribution < 1.29 is 14.4 Å². The van der Waals surface area contributed by atoms with Gasteiger partial charge in [-0.2, -0.15) is 0 Å². The van der Waals surface area contributed by atoms with Crippen molar-refractivity contribution in [2.24, 2.45) is 5.92 Å². The van der Waals surface area contributed by atoms with Gasteiger partial charge < -0.3 is 9.57 Å². The maximum atomic E-state index is 10.3. The van der Waals surface area contributed by atoms with Crippen molar-refractivity contribution in [1.29, 1.82) is 0 Å². The van der Waals surface area contributed by atoms with E-state index in [0.717, 1.165) is 0 Å². The summed E-state index contributed by atoms with van der Waals surface area (Å²) in [5.41, 5.74) is 2.50. The lowest BCUT2D eigenvalue weighted by Gasteiger charge is -2.18. The third kappa shape index (κ3) is 4.75. The fourth-order valence-electron chi connectivity index (χ4n) is 0.597. The highest BCUT2D eigenvalue weighted by Gasteiger charge is 2.12. The van der Waals surface area contributed by atoms with Crippen LogP contribution in [0.5, 0.6) is 0 Å². The van der Waals surface area contributed by atoms with Gasteiger partial charge in [0.1, 0.15) is 6.23 Å². The van der Waals surface area contributed by atoms with E-state index in [2.05, 4.69) is 10.3 Å². The highest BCUT2D eigenvalue weighted by atomic mass is 16.7. The fourth-order valence-corrected chi connectivity index (χ4v) is 0.597. The predicted octanol–water partition coefficient (Wildman–Crippen LogP) is 0.683. The second kappa shape index (κ2) is 5.09. The smallest absolute Gasteiger partial charge is 0.321 e. The lowest BCUT2D eigenvalue weighted by Crippen LogP contribution is -2.36. The Morgan fingerprint density at radius 1 is 1.45 bits per heavy atom. The molecule has 0 aromatic carbocycles. The summed E-state index contributed by atoms with van der Waals surface area (Å²) >= 11 is 0. The Bertz CT molecular complexity index is 125. The first-order valence-corrected chi connectivity index (χ1v) is 3.53. The van der Waals surface area contributed by atoms with Crippen molar-refractivity contribution in [3.63, 3.8) is 0 Å². The molecule has 0 saturated heterocycles. The van der Waals surface area contributed by atoms with Gasteiger partial charge in [-0.1, -0.05) is 13.8 Å². The third-order valence-corrected chi connectivity index (χ3v) is 1.18. The molecule has 0 amide bonds. The third-order valence-electron chi connectivity index (χ3n) is 1.18. The van der Waals surface area contributed by atoms with E-state index in [0.29, 0.717) is 0 Å². The number of carbonyl (C=O) groups excluding carboxylic acids is 1. The normalized spacial score (nSPS) is 13.2. The van der Waals surface area contributed by atoms with E-state index >= 15 is 0 Å². The Balaban J connectivity index is 3.61. The summed E-state index contributed by atoms with van der Waals surface area (Å²) in [5, 5.41) is 0. The first kappa shape index (κ1) is 10.4. The fraction of sp³-hybridized carbons (Fsp3) is 0.857. The summed E-state index contributed by atoms with van der Waals surface area (Å²) in [7, 11) is 1.56. The molecule has 0 aliphatic carbocycles. The van der Waals surface area contributed by atoms with Crippen molar-refractivity contribution >= 4 is 5.97 Å². The number of nitrogens with one attached hydrogen (secondary N) is 1. The van der Waals surface area contributed by atoms with Crippen molar-refractivity contribution in [3.05, 3.63) is 0 Å². The molecule has 0 heterocycles. The van der Waals surface area contributed by atoms with Crippen LogP contribution in [0.15, 0.2) is 0 Å². The summed E-state index contributed by atoms with van der Waals surface area (Å²) < 4.78 is 4.97. The highest BCUT2D eigenvalue weighted by molar-refractivity contribution is 5.65. The SMILES string of the molecule is CO[C@@H](NOC(C)=O)C(C)C. The molecule has 0 aliphatic heterocycles. The van der Waals surface area contributed by atoms with Gasteiger partial charge in [-0.3, -0.25) is 4.79 Å². The molecule has 11 heavy (non-hydrogen) atoms. The molecule has 1 N–H and O–H groups in total. The molecule has 0 aliphatic rings. The van der Waals surface area contributed by atoms with Gasteiger partial charge in [-0.05, 0) is 5.92 Å². The molecule has 4 heteroatoms. The standard InChI is InChI=1S/C7H15NO3/c1-5(2)7(10-4)8-11-6(3)9/h5,7-8H,1-4H3/t7-/m1/s1. The molecule has 0 unspecified atom stereocenters. The van der Waals surface area contributed by atoms with E-state index < -0.39 is 0 Å². The van der Waals surface area contributed by atoms with Gasteiger partial charge in [0.05, 0.1) is 0 Å². The van der Waals surface area contributed by atoms with Gasteiger partial charge in [-0.15, -0.1) is 5.48 Å². The van der Waals surface area contributed by atoms with Crippen molar-refractivity contribution in [2.75, 3.05) is 7.11 Å². The van der Waals surface area contributed by atoms with Gasteiger partial charge in [0.15, 0.2) is 0 Å². The quantitative estimate of drug-likeness (QED) is 0.486. The van der Waals surface area contributed by atoms with Crippen LogP contribution in [-0.4, -0.2) is 19.3 Å². The molecule has 0 aromatic heterocycles. The molecule has 0 saturated carbocycles. The Labute approximate surface area is 66.8 Å². The maximum absolute atomic E-state index is 10.3. The minimum Gasteiger partial charge on any atom is -0.368 e. The zero-order valence-corrected chi connectivity index (χ0v) is 7.38. The van der Waals surface area contributed by atoms with Crippen LogP contribution in [0.1, 0.15) is 20.8 Å². The van der Waals surface area contributed by atoms with E-state index in [1.54, 1.807) is 7.11 Å². The van der Waals surface area contributed by atoms with Crippen LogP contribution < -0.4 is 5.48 Å². The van der Waals surface area contributed by atoms with E-state index in [1.807, 2.05) is 13.8 Å². The molecule has 1 atom stereocenters. The van der Waals surface area contributed by atoms with E-state index in [-0.39, 0.29) is 18.1 Å². The van der Waals surface area contributed by atoms with Crippen LogP contribution in [0.2, 0.25) is 0 Å². The second-order valence-electron chi connectivity index (χ2n) is 2.61. The molecule has 0 radical (unpaired) electrons. The van der Waals surface area contributed by atoms with E-state index in [1.165, 1.54) is 6.92 Å². The number of hydrogen-bond acceptors (Lipinski definition) is 4. The maximum Gasteiger partial charge on any atom is 0.321 e. The zero-order chi connectivity index (χ0) is 8.85. The minimum atomic E-state index is -0.368. The van der Waals surface area contributed by atoms with Crippen LogP contribution in [0.25, 0.3) is 0 Å². The van der Waals surface area contributed by atoms with Crippen molar-refractivity contribution in [2.45, 2.75) is 27.0 Å². The van der Waals surface area contributed by atoms with Gasteiger partial charge >= 0.3 is 5.97 Å². The summed E-state index contributed by atoms with van der Waals surface area (Å²) in [4.78, 5) is 14.9. The molecular weight excluding hydrogens is 146 g/mol. The first-order valence-electron chi connectivity index (χ1n) is 3.53. The number of carbonyl (C=O) groups is 1. The molecular formula is C7H15NO3. The zero-order valence-electron chi connectivity index (χ0n) is 7.38. The Morgan fingerprint density at radius 2 is 2.00 bits per heavy atom. The lowest BCUT2D eigenvalue weighted by molar-refractivity contribution is -0.161. The topological polar surface area (TPSA) is 47.6 Å². The Kier molecular flexibility index (Phi) is 4.81. The van der Waals surface area contributed by atoms with E-state index in [9.17, 15) is 4.79 Å². The number of hydroxylamine groups is 1. The summed E-state index contributed by atoms with van der Waals surface area (Å²) in [6.45, 7) is 5.26. The largest absolute Gasteiger partial charge is 0.368 e. The predicted molar refractivity (Wildman–Crippen MR) is 40.5 cm³/mol. The van der Waals surface area contributed by atoms with Crippen molar-refractivity contribution in [3.8, 4) is 0 Å². The minimum absolute atomic E-state index is 0.237. The molecule has 0 aromatic rings. The molecule has 0 rings (SSSR count). The highest BCUT2D eigenvalue weighted by Crippen LogP contribution is 2.00. The Hall–Kier alpha value is -0.610. The average molecular weight is 161 g/mol. The molecule has 0 bridgehead atoms. The number of ether oxygens (including phenoxy) is 1. The van der Waals surface area contributed by atoms with Crippen LogP contribution in [0.3, 0.4) is 0 Å². The number of hydrogen-bond donors (Lipinski definition) is 1. The van der Waals surface area contributed by atoms with Crippen LogP contribution >= 0.6 is 0 Å². The molecule has 66 valence electrons. The van der Waals surface area contributed by atoms with Crippen molar-refractivity contribution in [1.82, 2.24) is 5.48 Å². The van der Waals surface area contributed by atoms with Crippen LogP contribution in [0.4, 0.5) is 0 Å². The first-order chi connectivity index (χ1) is 5.07. The molecule has 0 spiro atoms. The molecule has 0 fully saturated rings. The van der Waals surface area contributed by atoms with Crippen LogP contribution in [0, 0.1) is 5.92 Å². The monoisotopic (exact) mass is 161 g/mol. The number of rotatable bonds is 4. The Morgan fingerprint density at radius 3 is 2.27 bits per heavy atom. The van der Waals surface area contributed by atoms with Gasteiger partial charge in [0, 0.05) is 14.0 Å². The lowest BCUT2D eigenvalue weighted by atomic mass is 10.2. The van der Waals surface area contributed by atoms with Crippen LogP contribution in [-0.2, 0) is 14.4 Å². The number of methoxy groups -OCH3 is 1. The summed E-state index contributed by atoms with van der Waals surface area (Å²) in [5.74, 6) is -0.105. The average Bonchev–Trinajstić information content (AvgIpc) is 1.87. The summed E-state index contributed by atoms with van der Waals surface area (Å²) in [6.07, 6.45) is -0.237. The van der Waals surface area contributed by atoms with Gasteiger partial charge in [-0.25, -0.2) is 0 Å². The second-order valence-corrected chi connectivity index (χ2v) is 2.61. The van der Waals surface area contributed by atoms with E-state index in [4.69, 9.17) is 4.74 Å². The van der Waals surface area contributed by atoms with Gasteiger partial charge in [0.25, 0.3) is 0 Å².